The number of sulfonamides is 1. The van der Waals surface area contributed by atoms with Crippen molar-refractivity contribution in [3.05, 3.63) is 71.0 Å². The second-order valence-electron chi connectivity index (χ2n) is 5.54. The molecule has 1 heterocycles. The van der Waals surface area contributed by atoms with Crippen LogP contribution in [0.25, 0.3) is 4.91 Å². The van der Waals surface area contributed by atoms with E-state index in [1.165, 1.54) is 24.3 Å². The third-order valence-corrected chi connectivity index (χ3v) is 5.44. The van der Waals surface area contributed by atoms with Crippen molar-refractivity contribution in [3.8, 4) is 5.75 Å². The molecule has 0 amide bonds. The Bertz CT molecular complexity index is 964. The lowest BCUT2D eigenvalue weighted by molar-refractivity contribution is 0.410. The first-order valence-electron chi connectivity index (χ1n) is 7.59. The highest BCUT2D eigenvalue weighted by Gasteiger charge is 2.32. The van der Waals surface area contributed by atoms with E-state index in [-0.39, 0.29) is 17.3 Å². The maximum atomic E-state index is 13.1. The molecule has 0 atom stereocenters. The summed E-state index contributed by atoms with van der Waals surface area (Å²) in [6, 6.07) is 12.7. The van der Waals surface area contributed by atoms with Crippen LogP contribution in [-0.4, -0.2) is 21.4 Å². The summed E-state index contributed by atoms with van der Waals surface area (Å²) in [5, 5.41) is 0. The van der Waals surface area contributed by atoms with Gasteiger partial charge >= 0.3 is 0 Å². The molecule has 1 aliphatic rings. The van der Waals surface area contributed by atoms with Crippen molar-refractivity contribution in [2.24, 2.45) is 4.99 Å². The van der Waals surface area contributed by atoms with Crippen molar-refractivity contribution >= 4 is 20.8 Å². The van der Waals surface area contributed by atoms with Crippen molar-refractivity contribution < 1.29 is 17.5 Å². The molecule has 1 N–H and O–H groups in total. The molecule has 7 heteroatoms. The van der Waals surface area contributed by atoms with Crippen LogP contribution in [0, 0.1) is 5.82 Å². The van der Waals surface area contributed by atoms with Crippen LogP contribution in [0.4, 0.5) is 4.39 Å². The van der Waals surface area contributed by atoms with Gasteiger partial charge in [-0.05, 0) is 30.7 Å². The molecule has 0 bridgehead atoms. The number of benzene rings is 2. The summed E-state index contributed by atoms with van der Waals surface area (Å²) in [7, 11) is -2.15. The van der Waals surface area contributed by atoms with Crippen LogP contribution in [0.5, 0.6) is 5.75 Å². The fraction of sp³-hybridized carbons (Fsp3) is 0.167. The lowest BCUT2D eigenvalue weighted by Gasteiger charge is -2.06. The molecular weight excluding hydrogens is 343 g/mol. The van der Waals surface area contributed by atoms with Gasteiger partial charge in [0.25, 0.3) is 10.0 Å². The highest BCUT2D eigenvalue weighted by molar-refractivity contribution is 8.00. The summed E-state index contributed by atoms with van der Waals surface area (Å²) in [6.07, 6.45) is 0. The van der Waals surface area contributed by atoms with Crippen LogP contribution in [0.3, 0.4) is 0 Å². The van der Waals surface area contributed by atoms with Crippen LogP contribution >= 0.6 is 0 Å². The number of methoxy groups -OCH3 is 1. The minimum absolute atomic E-state index is 0.117. The number of para-hydroxylation sites is 1. The summed E-state index contributed by atoms with van der Waals surface area (Å²) >= 11 is 0. The predicted molar refractivity (Wildman–Crippen MR) is 95.2 cm³/mol. The summed E-state index contributed by atoms with van der Waals surface area (Å²) in [5.74, 6) is 0.550. The first-order valence-corrected chi connectivity index (χ1v) is 9.07. The van der Waals surface area contributed by atoms with Crippen LogP contribution < -0.4 is 9.46 Å². The van der Waals surface area contributed by atoms with Gasteiger partial charge in [0.1, 0.15) is 22.3 Å². The normalized spacial score (nSPS) is 17.6. The van der Waals surface area contributed by atoms with E-state index < -0.39 is 15.8 Å². The molecule has 25 heavy (non-hydrogen) atoms. The number of nitrogens with zero attached hydrogens (tertiary/aromatic N) is 1. The molecule has 0 spiro atoms. The summed E-state index contributed by atoms with van der Waals surface area (Å²) in [4.78, 5) is 4.50. The van der Waals surface area contributed by atoms with E-state index in [2.05, 4.69) is 9.71 Å². The molecule has 0 saturated carbocycles. The van der Waals surface area contributed by atoms with Gasteiger partial charge in [-0.15, -0.1) is 0 Å². The molecule has 3 rings (SSSR count). The summed E-state index contributed by atoms with van der Waals surface area (Å²) in [5.41, 5.74) is 1.77. The number of hydrogen-bond acceptors (Lipinski definition) is 4. The van der Waals surface area contributed by atoms with Gasteiger partial charge in [-0.2, -0.15) is 0 Å². The number of ether oxygens (including phenoxy) is 1. The molecule has 0 aliphatic carbocycles. The van der Waals surface area contributed by atoms with E-state index in [0.717, 1.165) is 5.56 Å². The van der Waals surface area contributed by atoms with Gasteiger partial charge in [0.15, 0.2) is 0 Å². The van der Waals surface area contributed by atoms with E-state index in [0.29, 0.717) is 16.9 Å². The fourth-order valence-corrected chi connectivity index (χ4v) is 4.21. The number of hydrogen-bond donors (Lipinski definition) is 1. The zero-order valence-electron chi connectivity index (χ0n) is 13.8. The zero-order chi connectivity index (χ0) is 18.0. The minimum Gasteiger partial charge on any atom is -0.496 e. The predicted octanol–water partition coefficient (Wildman–Crippen LogP) is 3.10. The largest absolute Gasteiger partial charge is 0.496 e. The first-order chi connectivity index (χ1) is 11.9. The summed E-state index contributed by atoms with van der Waals surface area (Å²) in [6.45, 7) is 1.95. The minimum atomic E-state index is -3.73. The lowest BCUT2D eigenvalue weighted by atomic mass is 10.1. The highest BCUT2D eigenvalue weighted by atomic mass is 32.2. The van der Waals surface area contributed by atoms with Crippen LogP contribution in [0.15, 0.2) is 59.1 Å². The topological polar surface area (TPSA) is 67.8 Å². The van der Waals surface area contributed by atoms with Crippen molar-refractivity contribution in [1.29, 1.82) is 0 Å². The van der Waals surface area contributed by atoms with Crippen LogP contribution in [-0.2, 0) is 16.6 Å². The highest BCUT2D eigenvalue weighted by Crippen LogP contribution is 2.30. The van der Waals surface area contributed by atoms with Crippen LogP contribution in [0.1, 0.15) is 18.1 Å². The Labute approximate surface area is 145 Å². The molecule has 0 radical (unpaired) electrons. The Balaban J connectivity index is 1.97. The average Bonchev–Trinajstić information content (AvgIpc) is 2.83. The maximum absolute atomic E-state index is 13.1. The molecule has 5 nitrogen and oxygen atoms in total. The van der Waals surface area contributed by atoms with Gasteiger partial charge in [-0.1, -0.05) is 30.3 Å². The lowest BCUT2D eigenvalue weighted by Crippen LogP contribution is -2.23. The Morgan fingerprint density at radius 1 is 1.12 bits per heavy atom. The second kappa shape index (κ2) is 6.68. The number of nitrogens with one attached hydrogen (secondary N) is 1. The Morgan fingerprint density at radius 2 is 1.80 bits per heavy atom. The van der Waals surface area contributed by atoms with Gasteiger partial charge in [0, 0.05) is 11.1 Å². The molecule has 0 aromatic heterocycles. The van der Waals surface area contributed by atoms with E-state index in [1.54, 1.807) is 14.0 Å². The van der Waals surface area contributed by atoms with Gasteiger partial charge in [0.05, 0.1) is 13.7 Å². The Kier molecular flexibility index (Phi) is 4.59. The molecule has 1 aliphatic heterocycles. The van der Waals surface area contributed by atoms with Gasteiger partial charge in [0.2, 0.25) is 0 Å². The van der Waals surface area contributed by atoms with Gasteiger partial charge in [-0.3, -0.25) is 9.71 Å². The molecule has 2 aromatic carbocycles. The maximum Gasteiger partial charge on any atom is 0.264 e. The van der Waals surface area contributed by atoms with Gasteiger partial charge in [-0.25, -0.2) is 12.8 Å². The Morgan fingerprint density at radius 3 is 2.48 bits per heavy atom. The van der Waals surface area contributed by atoms with Crippen molar-refractivity contribution in [1.82, 2.24) is 4.72 Å². The third-order valence-electron chi connectivity index (χ3n) is 3.90. The molecular formula is C18H17FN2O3S. The van der Waals surface area contributed by atoms with Gasteiger partial charge < -0.3 is 4.74 Å². The van der Waals surface area contributed by atoms with E-state index in [1.807, 2.05) is 24.3 Å². The van der Waals surface area contributed by atoms with Crippen molar-refractivity contribution in [2.75, 3.05) is 7.11 Å². The van der Waals surface area contributed by atoms with E-state index in [4.69, 9.17) is 4.74 Å². The SMILES string of the molecule is COc1ccccc1CN=C1NS(=O)(=O)C(c2ccc(F)cc2)=C1C. The average molecular weight is 360 g/mol. The molecule has 0 fully saturated rings. The van der Waals surface area contributed by atoms with Crippen molar-refractivity contribution in [3.63, 3.8) is 0 Å². The quantitative estimate of drug-likeness (QED) is 0.911. The number of halogens is 1. The van der Waals surface area contributed by atoms with E-state index >= 15 is 0 Å². The fourth-order valence-electron chi connectivity index (χ4n) is 2.69. The smallest absolute Gasteiger partial charge is 0.264 e. The summed E-state index contributed by atoms with van der Waals surface area (Å²) < 4.78 is 45.7. The molecule has 130 valence electrons. The number of aliphatic imine (C=N–C) groups is 1. The second-order valence-corrected chi connectivity index (χ2v) is 7.16. The van der Waals surface area contributed by atoms with Crippen LogP contribution in [0.2, 0.25) is 0 Å². The number of rotatable bonds is 4. The Hall–Kier alpha value is -2.67. The number of amidine groups is 1. The monoisotopic (exact) mass is 360 g/mol. The molecule has 2 aromatic rings. The third kappa shape index (κ3) is 3.41. The molecule has 0 unspecified atom stereocenters. The zero-order valence-corrected chi connectivity index (χ0v) is 14.6. The molecule has 0 saturated heterocycles. The standard InChI is InChI=1S/C18H17FN2O3S/c1-12-17(13-7-9-15(19)10-8-13)25(22,23)21-18(12)20-11-14-5-3-4-6-16(14)24-2/h3-10H,11H2,1-2H3,(H,20,21). The van der Waals surface area contributed by atoms with E-state index in [9.17, 15) is 12.8 Å². The van der Waals surface area contributed by atoms with Crippen molar-refractivity contribution in [2.45, 2.75) is 13.5 Å². The first kappa shape index (κ1) is 17.2.